The molecule has 4 heteroatoms. The highest BCUT2D eigenvalue weighted by atomic mass is 16.3. The molecule has 1 aromatic heterocycles. The van der Waals surface area contributed by atoms with E-state index in [4.69, 9.17) is 0 Å². The average Bonchev–Trinajstić information content (AvgIpc) is 2.82. The second kappa shape index (κ2) is 3.72. The fraction of sp³-hybridized carbons (Fsp3) is 0.333. The Hall–Kier alpha value is -1.68. The Morgan fingerprint density at radius 3 is 3.00 bits per heavy atom. The van der Waals surface area contributed by atoms with Gasteiger partial charge in [-0.05, 0) is 24.0 Å². The molecule has 0 aliphatic heterocycles. The zero-order chi connectivity index (χ0) is 11.0. The number of hydrogen-bond donors (Lipinski definition) is 1. The minimum atomic E-state index is -0.378. The summed E-state index contributed by atoms with van der Waals surface area (Å²) in [7, 11) is 0. The maximum Gasteiger partial charge on any atom is 0.105 e. The first-order chi connectivity index (χ1) is 7.86. The average molecular weight is 215 g/mol. The summed E-state index contributed by atoms with van der Waals surface area (Å²) in [5.74, 6) is 0. The van der Waals surface area contributed by atoms with Crippen LogP contribution in [0.2, 0.25) is 0 Å². The quantitative estimate of drug-likeness (QED) is 0.777. The van der Waals surface area contributed by atoms with Crippen molar-refractivity contribution in [1.29, 1.82) is 0 Å². The largest absolute Gasteiger partial charge is 0.391 e. The molecule has 0 radical (unpaired) electrons. The van der Waals surface area contributed by atoms with Gasteiger partial charge in [-0.15, -0.1) is 5.10 Å². The van der Waals surface area contributed by atoms with E-state index in [2.05, 4.69) is 22.4 Å². The van der Waals surface area contributed by atoms with Crippen LogP contribution in [0, 0.1) is 0 Å². The molecule has 4 nitrogen and oxygen atoms in total. The third-order valence-electron chi connectivity index (χ3n) is 3.17. The maximum absolute atomic E-state index is 10.1. The third kappa shape index (κ3) is 1.42. The van der Waals surface area contributed by atoms with E-state index in [9.17, 15) is 5.11 Å². The summed E-state index contributed by atoms with van der Waals surface area (Å²) >= 11 is 0. The van der Waals surface area contributed by atoms with Gasteiger partial charge in [-0.3, -0.25) is 0 Å². The van der Waals surface area contributed by atoms with Crippen LogP contribution in [0.5, 0.6) is 0 Å². The second-order valence-corrected chi connectivity index (χ2v) is 4.13. The zero-order valence-corrected chi connectivity index (χ0v) is 8.82. The van der Waals surface area contributed by atoms with E-state index in [-0.39, 0.29) is 12.1 Å². The van der Waals surface area contributed by atoms with E-state index in [0.29, 0.717) is 0 Å². The van der Waals surface area contributed by atoms with Crippen LogP contribution in [0.15, 0.2) is 36.7 Å². The summed E-state index contributed by atoms with van der Waals surface area (Å²) in [5, 5.41) is 17.9. The molecule has 82 valence electrons. The fourth-order valence-corrected chi connectivity index (χ4v) is 2.40. The summed E-state index contributed by atoms with van der Waals surface area (Å²) in [5.41, 5.74) is 2.46. The Kier molecular flexibility index (Phi) is 2.22. The molecule has 1 aromatic carbocycles. The predicted molar refractivity (Wildman–Crippen MR) is 58.9 cm³/mol. The summed E-state index contributed by atoms with van der Waals surface area (Å²) < 4.78 is 1.74. The molecule has 1 aliphatic carbocycles. The second-order valence-electron chi connectivity index (χ2n) is 4.13. The SMILES string of the molecule is O[C@H]1CCc2ccccc2[C@@H]1n1ccnn1. The van der Waals surface area contributed by atoms with Gasteiger partial charge in [-0.25, -0.2) is 4.68 Å². The maximum atomic E-state index is 10.1. The molecule has 3 rings (SSSR count). The molecule has 1 heterocycles. The highest BCUT2D eigenvalue weighted by Gasteiger charge is 2.29. The normalized spacial score (nSPS) is 24.1. The lowest BCUT2D eigenvalue weighted by atomic mass is 9.86. The molecule has 1 aliphatic rings. The molecule has 0 fully saturated rings. The molecular formula is C12H13N3O. The lowest BCUT2D eigenvalue weighted by molar-refractivity contribution is 0.107. The van der Waals surface area contributed by atoms with Gasteiger partial charge in [0.1, 0.15) is 6.04 Å². The van der Waals surface area contributed by atoms with Crippen LogP contribution in [0.4, 0.5) is 0 Å². The van der Waals surface area contributed by atoms with Gasteiger partial charge in [0.05, 0.1) is 12.3 Å². The third-order valence-corrected chi connectivity index (χ3v) is 3.17. The van der Waals surface area contributed by atoms with Gasteiger partial charge < -0.3 is 5.11 Å². The Bertz CT molecular complexity index is 481. The number of aromatic nitrogens is 3. The first-order valence-electron chi connectivity index (χ1n) is 5.48. The van der Waals surface area contributed by atoms with E-state index in [1.807, 2.05) is 12.1 Å². The van der Waals surface area contributed by atoms with Gasteiger partial charge in [0, 0.05) is 6.20 Å². The summed E-state index contributed by atoms with van der Waals surface area (Å²) in [6.45, 7) is 0. The number of hydrogen-bond acceptors (Lipinski definition) is 3. The zero-order valence-electron chi connectivity index (χ0n) is 8.82. The van der Waals surface area contributed by atoms with Gasteiger partial charge in [0.25, 0.3) is 0 Å². The predicted octanol–water partition coefficient (Wildman–Crippen LogP) is 1.17. The highest BCUT2D eigenvalue weighted by Crippen LogP contribution is 2.32. The number of fused-ring (bicyclic) bond motifs is 1. The van der Waals surface area contributed by atoms with Gasteiger partial charge >= 0.3 is 0 Å². The number of benzene rings is 1. The Morgan fingerprint density at radius 1 is 1.31 bits per heavy atom. The van der Waals surface area contributed by atoms with Crippen LogP contribution in [0.3, 0.4) is 0 Å². The highest BCUT2D eigenvalue weighted by molar-refractivity contribution is 5.33. The van der Waals surface area contributed by atoms with Crippen molar-refractivity contribution in [3.8, 4) is 0 Å². The van der Waals surface area contributed by atoms with Crippen molar-refractivity contribution in [2.24, 2.45) is 0 Å². The van der Waals surface area contributed by atoms with E-state index in [0.717, 1.165) is 18.4 Å². The van der Waals surface area contributed by atoms with Gasteiger partial charge in [-0.2, -0.15) is 0 Å². The number of rotatable bonds is 1. The molecule has 0 bridgehead atoms. The van der Waals surface area contributed by atoms with Crippen molar-refractivity contribution >= 4 is 0 Å². The first kappa shape index (κ1) is 9.54. The summed E-state index contributed by atoms with van der Waals surface area (Å²) in [4.78, 5) is 0. The standard InChI is InChI=1S/C12H13N3O/c16-11-6-5-9-3-1-2-4-10(9)12(11)15-8-7-13-14-15/h1-4,7-8,11-12,16H,5-6H2/t11-,12-/m0/s1. The molecule has 1 N–H and O–H groups in total. The molecule has 0 saturated carbocycles. The van der Waals surface area contributed by atoms with Crippen molar-refractivity contribution in [3.63, 3.8) is 0 Å². The van der Waals surface area contributed by atoms with Crippen LogP contribution in [0.1, 0.15) is 23.6 Å². The molecule has 0 spiro atoms. The van der Waals surface area contributed by atoms with Crippen molar-refractivity contribution < 1.29 is 5.11 Å². The van der Waals surface area contributed by atoms with Gasteiger partial charge in [-0.1, -0.05) is 29.5 Å². The van der Waals surface area contributed by atoms with Crippen LogP contribution in [-0.2, 0) is 6.42 Å². The van der Waals surface area contributed by atoms with E-state index >= 15 is 0 Å². The van der Waals surface area contributed by atoms with E-state index < -0.39 is 0 Å². The number of nitrogens with zero attached hydrogens (tertiary/aromatic N) is 3. The molecule has 2 atom stereocenters. The molecule has 0 saturated heterocycles. The number of aliphatic hydroxyl groups is 1. The summed E-state index contributed by atoms with van der Waals surface area (Å²) in [6, 6.07) is 8.12. The topological polar surface area (TPSA) is 50.9 Å². The Morgan fingerprint density at radius 2 is 2.19 bits per heavy atom. The van der Waals surface area contributed by atoms with Gasteiger partial charge in [0.2, 0.25) is 0 Å². The lowest BCUT2D eigenvalue weighted by Gasteiger charge is -2.29. The molecular weight excluding hydrogens is 202 g/mol. The Labute approximate surface area is 93.5 Å². The van der Waals surface area contributed by atoms with Crippen molar-refractivity contribution in [2.45, 2.75) is 25.0 Å². The van der Waals surface area contributed by atoms with E-state index in [1.54, 1.807) is 17.1 Å². The minimum absolute atomic E-state index is 0.0903. The molecule has 0 amide bonds. The van der Waals surface area contributed by atoms with Gasteiger partial charge in [0.15, 0.2) is 0 Å². The van der Waals surface area contributed by atoms with Crippen molar-refractivity contribution in [3.05, 3.63) is 47.8 Å². The molecule has 0 unspecified atom stereocenters. The van der Waals surface area contributed by atoms with Crippen molar-refractivity contribution in [1.82, 2.24) is 15.0 Å². The fourth-order valence-electron chi connectivity index (χ4n) is 2.40. The lowest BCUT2D eigenvalue weighted by Crippen LogP contribution is -2.30. The van der Waals surface area contributed by atoms with Crippen LogP contribution in [-0.4, -0.2) is 26.2 Å². The van der Waals surface area contributed by atoms with Crippen LogP contribution >= 0.6 is 0 Å². The molecule has 16 heavy (non-hydrogen) atoms. The van der Waals surface area contributed by atoms with Crippen LogP contribution in [0.25, 0.3) is 0 Å². The van der Waals surface area contributed by atoms with Crippen LogP contribution < -0.4 is 0 Å². The smallest absolute Gasteiger partial charge is 0.105 e. The van der Waals surface area contributed by atoms with E-state index in [1.165, 1.54) is 5.56 Å². The summed E-state index contributed by atoms with van der Waals surface area (Å²) in [6.07, 6.45) is 4.78. The van der Waals surface area contributed by atoms with Crippen molar-refractivity contribution in [2.75, 3.05) is 0 Å². The number of aryl methyl sites for hydroxylation is 1. The first-order valence-corrected chi connectivity index (χ1v) is 5.48. The monoisotopic (exact) mass is 215 g/mol. The molecule has 2 aromatic rings. The number of aliphatic hydroxyl groups excluding tert-OH is 1. The Balaban J connectivity index is 2.10. The minimum Gasteiger partial charge on any atom is -0.391 e.